The Hall–Kier alpha value is -3.78. The molecule has 3 aromatic rings. The summed E-state index contributed by atoms with van der Waals surface area (Å²) < 4.78 is 6.37. The Morgan fingerprint density at radius 3 is 2.65 bits per heavy atom. The number of likely N-dealkylation sites (tertiary alicyclic amines) is 1. The van der Waals surface area contributed by atoms with Gasteiger partial charge in [-0.3, -0.25) is 9.59 Å². The maximum atomic E-state index is 13.3. The third kappa shape index (κ3) is 5.87. The fourth-order valence-electron chi connectivity index (χ4n) is 6.25. The largest absolute Gasteiger partial charge is 0.457 e. The smallest absolute Gasteiger partial charge is 0.251 e. The third-order valence-electron chi connectivity index (χ3n) is 8.43. The molecule has 1 N–H and O–H groups in total. The van der Waals surface area contributed by atoms with E-state index in [0.29, 0.717) is 42.0 Å². The average molecular weight is 540 g/mol. The van der Waals surface area contributed by atoms with Crippen LogP contribution in [0.5, 0.6) is 11.5 Å². The second-order valence-electron chi connectivity index (χ2n) is 11.6. The first-order valence-electron chi connectivity index (χ1n) is 14.5. The van der Waals surface area contributed by atoms with Crippen molar-refractivity contribution < 1.29 is 14.3 Å². The maximum absolute atomic E-state index is 13.3. The standard InChI is InChI=1S/C32H37N5O3/c1-21-16-31(38)37(19-21)20-25-7-6-24(32(39)33-26-13-15-36-14-3-4-27(36)18-26)17-30(25)40-28-10-8-23(9-11-28)29-12-5-22(2)34-35-29/h5-12,17,21,26-27H,3-4,13-16,18-20H2,1-2H3,(H,33,39)/t21-,26?,27?/m0/s1. The second-order valence-corrected chi connectivity index (χ2v) is 11.6. The van der Waals surface area contributed by atoms with Crippen LogP contribution in [0.1, 0.15) is 60.6 Å². The Kier molecular flexibility index (Phi) is 7.52. The number of aromatic nitrogens is 2. The van der Waals surface area contributed by atoms with E-state index in [9.17, 15) is 9.59 Å². The molecule has 8 nitrogen and oxygen atoms in total. The SMILES string of the molecule is Cc1ccc(-c2ccc(Oc3cc(C(=O)NC4CCN5CCCC5C4)ccc3CN3C[C@@H](C)CC3=O)cc2)nn1. The van der Waals surface area contributed by atoms with Crippen LogP contribution in [0.25, 0.3) is 11.3 Å². The molecule has 0 spiro atoms. The predicted molar refractivity (Wildman–Crippen MR) is 153 cm³/mol. The third-order valence-corrected chi connectivity index (χ3v) is 8.43. The minimum absolute atomic E-state index is 0.0768. The zero-order valence-corrected chi connectivity index (χ0v) is 23.3. The molecule has 3 aliphatic heterocycles. The summed E-state index contributed by atoms with van der Waals surface area (Å²) in [4.78, 5) is 30.3. The molecule has 2 unspecified atom stereocenters. The van der Waals surface area contributed by atoms with Crippen LogP contribution in [0.3, 0.4) is 0 Å². The minimum atomic E-state index is -0.0768. The van der Waals surface area contributed by atoms with Gasteiger partial charge < -0.3 is 19.9 Å². The molecular weight excluding hydrogens is 502 g/mol. The maximum Gasteiger partial charge on any atom is 0.251 e. The number of hydrogen-bond acceptors (Lipinski definition) is 6. The lowest BCUT2D eigenvalue weighted by molar-refractivity contribution is -0.128. The van der Waals surface area contributed by atoms with Gasteiger partial charge in [-0.2, -0.15) is 10.2 Å². The Labute approximate surface area is 235 Å². The van der Waals surface area contributed by atoms with Gasteiger partial charge in [-0.1, -0.05) is 13.0 Å². The summed E-state index contributed by atoms with van der Waals surface area (Å²) in [6.07, 6.45) is 5.05. The van der Waals surface area contributed by atoms with Gasteiger partial charge in [-0.25, -0.2) is 0 Å². The van der Waals surface area contributed by atoms with Gasteiger partial charge >= 0.3 is 0 Å². The van der Waals surface area contributed by atoms with Crippen LogP contribution in [0, 0.1) is 12.8 Å². The van der Waals surface area contributed by atoms with E-state index in [4.69, 9.17) is 4.74 Å². The number of rotatable bonds is 7. The van der Waals surface area contributed by atoms with E-state index in [1.165, 1.54) is 19.4 Å². The Balaban J connectivity index is 1.21. The molecule has 0 aliphatic carbocycles. The molecule has 3 saturated heterocycles. The second kappa shape index (κ2) is 11.4. The summed E-state index contributed by atoms with van der Waals surface area (Å²) in [6, 6.07) is 18.0. The fraction of sp³-hybridized carbons (Fsp3) is 0.438. The Morgan fingerprint density at radius 1 is 1.05 bits per heavy atom. The molecule has 3 atom stereocenters. The van der Waals surface area contributed by atoms with Gasteiger partial charge in [0.25, 0.3) is 5.91 Å². The predicted octanol–water partition coefficient (Wildman–Crippen LogP) is 4.97. The van der Waals surface area contributed by atoms with Crippen LogP contribution in [0.4, 0.5) is 0 Å². The number of carbonyl (C=O) groups is 2. The molecule has 3 aliphatic rings. The van der Waals surface area contributed by atoms with Gasteiger partial charge in [0.1, 0.15) is 11.5 Å². The van der Waals surface area contributed by atoms with E-state index >= 15 is 0 Å². The Bertz CT molecular complexity index is 1370. The zero-order chi connectivity index (χ0) is 27.6. The number of nitrogens with one attached hydrogen (secondary N) is 1. The molecule has 2 amide bonds. The first-order valence-corrected chi connectivity index (χ1v) is 14.5. The number of hydrogen-bond donors (Lipinski definition) is 1. The zero-order valence-electron chi connectivity index (χ0n) is 23.3. The first-order chi connectivity index (χ1) is 19.4. The van der Waals surface area contributed by atoms with Crippen molar-refractivity contribution in [3.05, 3.63) is 71.4 Å². The number of piperidine rings is 1. The molecule has 1 aromatic heterocycles. The highest BCUT2D eigenvalue weighted by atomic mass is 16.5. The van der Waals surface area contributed by atoms with Crippen LogP contribution in [0.15, 0.2) is 54.6 Å². The van der Waals surface area contributed by atoms with Crippen molar-refractivity contribution in [3.8, 4) is 22.8 Å². The van der Waals surface area contributed by atoms with E-state index < -0.39 is 0 Å². The first kappa shape index (κ1) is 26.4. The number of aryl methyl sites for hydroxylation is 1. The topological polar surface area (TPSA) is 87.7 Å². The summed E-state index contributed by atoms with van der Waals surface area (Å²) in [6.45, 7) is 7.43. The molecule has 8 heteroatoms. The highest BCUT2D eigenvalue weighted by Gasteiger charge is 2.32. The summed E-state index contributed by atoms with van der Waals surface area (Å²) in [7, 11) is 0. The molecule has 3 fully saturated rings. The van der Waals surface area contributed by atoms with Crippen LogP contribution in [-0.2, 0) is 11.3 Å². The van der Waals surface area contributed by atoms with Crippen molar-refractivity contribution in [3.63, 3.8) is 0 Å². The monoisotopic (exact) mass is 539 g/mol. The van der Waals surface area contributed by atoms with Crippen molar-refractivity contribution >= 4 is 11.8 Å². The molecule has 208 valence electrons. The van der Waals surface area contributed by atoms with Crippen molar-refractivity contribution in [2.24, 2.45) is 5.92 Å². The summed E-state index contributed by atoms with van der Waals surface area (Å²) in [5.74, 6) is 1.66. The number of ether oxygens (including phenoxy) is 1. The highest BCUT2D eigenvalue weighted by molar-refractivity contribution is 5.95. The molecule has 6 rings (SSSR count). The molecule has 4 heterocycles. The summed E-state index contributed by atoms with van der Waals surface area (Å²) >= 11 is 0. The molecule has 0 saturated carbocycles. The number of carbonyl (C=O) groups excluding carboxylic acids is 2. The van der Waals surface area contributed by atoms with E-state index in [2.05, 4.69) is 27.3 Å². The van der Waals surface area contributed by atoms with Crippen molar-refractivity contribution in [2.45, 2.75) is 64.6 Å². The van der Waals surface area contributed by atoms with Crippen LogP contribution in [0.2, 0.25) is 0 Å². The van der Waals surface area contributed by atoms with Crippen molar-refractivity contribution in [1.29, 1.82) is 0 Å². The molecule has 2 aromatic carbocycles. The van der Waals surface area contributed by atoms with Gasteiger partial charge in [0.2, 0.25) is 5.91 Å². The lowest BCUT2D eigenvalue weighted by Crippen LogP contribution is -2.47. The normalized spacial score (nSPS) is 22.8. The fourth-order valence-corrected chi connectivity index (χ4v) is 6.25. The number of benzene rings is 2. The lowest BCUT2D eigenvalue weighted by atomic mass is 9.97. The van der Waals surface area contributed by atoms with Crippen LogP contribution in [-0.4, -0.2) is 63.5 Å². The van der Waals surface area contributed by atoms with Gasteiger partial charge in [0.15, 0.2) is 0 Å². The molecule has 40 heavy (non-hydrogen) atoms. The summed E-state index contributed by atoms with van der Waals surface area (Å²) in [5, 5.41) is 11.7. The summed E-state index contributed by atoms with van der Waals surface area (Å²) in [5.41, 5.74) is 4.06. The average Bonchev–Trinajstić information content (AvgIpc) is 3.55. The van der Waals surface area contributed by atoms with E-state index in [1.807, 2.05) is 66.4 Å². The number of fused-ring (bicyclic) bond motifs is 1. The molecular formula is C32H37N5O3. The Morgan fingerprint density at radius 2 is 1.90 bits per heavy atom. The van der Waals surface area contributed by atoms with Crippen LogP contribution < -0.4 is 10.1 Å². The quantitative estimate of drug-likeness (QED) is 0.456. The number of amides is 2. The molecule has 0 radical (unpaired) electrons. The van der Waals surface area contributed by atoms with Gasteiger partial charge in [-0.15, -0.1) is 0 Å². The van der Waals surface area contributed by atoms with E-state index in [-0.39, 0.29) is 17.9 Å². The lowest BCUT2D eigenvalue weighted by Gasteiger charge is -2.35. The van der Waals surface area contributed by atoms with Crippen molar-refractivity contribution in [1.82, 2.24) is 25.3 Å². The molecule has 0 bridgehead atoms. The minimum Gasteiger partial charge on any atom is -0.457 e. The van der Waals surface area contributed by atoms with Crippen LogP contribution >= 0.6 is 0 Å². The van der Waals surface area contributed by atoms with Crippen molar-refractivity contribution in [2.75, 3.05) is 19.6 Å². The van der Waals surface area contributed by atoms with E-state index in [0.717, 1.165) is 48.4 Å². The number of nitrogens with zero attached hydrogens (tertiary/aromatic N) is 4. The van der Waals surface area contributed by atoms with E-state index in [1.54, 1.807) is 0 Å². The van der Waals surface area contributed by atoms with Gasteiger partial charge in [0.05, 0.1) is 11.4 Å². The highest BCUT2D eigenvalue weighted by Crippen LogP contribution is 2.32. The van der Waals surface area contributed by atoms with Gasteiger partial charge in [0, 0.05) is 54.8 Å². The van der Waals surface area contributed by atoms with Gasteiger partial charge in [-0.05, 0) is 93.6 Å².